The van der Waals surface area contributed by atoms with E-state index in [0.717, 1.165) is 18.0 Å². The Labute approximate surface area is 122 Å². The largest absolute Gasteiger partial charge is 0.326 e. The smallest absolute Gasteiger partial charge is 0.227 e. The van der Waals surface area contributed by atoms with E-state index in [-0.39, 0.29) is 17.2 Å². The zero-order valence-electron chi connectivity index (χ0n) is 12.8. The quantitative estimate of drug-likeness (QED) is 0.850. The van der Waals surface area contributed by atoms with Crippen LogP contribution in [0.25, 0.3) is 0 Å². The molecular weight excluding hydrogens is 246 g/mol. The number of hydrogen-bond acceptors (Lipinski definition) is 1. The second kappa shape index (κ2) is 4.91. The summed E-state index contributed by atoms with van der Waals surface area (Å²) in [7, 11) is 0. The van der Waals surface area contributed by atoms with Crippen LogP contribution in [0.4, 0.5) is 5.69 Å². The van der Waals surface area contributed by atoms with E-state index in [0.29, 0.717) is 5.92 Å². The third-order valence-electron chi connectivity index (χ3n) is 5.09. The molecule has 3 unspecified atom stereocenters. The molecular formula is C18H25NO. The van der Waals surface area contributed by atoms with Crippen molar-refractivity contribution >= 4 is 11.6 Å². The molecule has 20 heavy (non-hydrogen) atoms. The number of anilines is 1. The molecule has 2 aliphatic rings. The van der Waals surface area contributed by atoms with Gasteiger partial charge in [0.15, 0.2) is 0 Å². The molecule has 2 saturated carbocycles. The van der Waals surface area contributed by atoms with Crippen molar-refractivity contribution in [2.24, 2.45) is 17.8 Å². The third kappa shape index (κ3) is 2.61. The minimum absolute atomic E-state index is 0.160. The zero-order valence-corrected chi connectivity index (χ0v) is 12.8. The van der Waals surface area contributed by atoms with Gasteiger partial charge in [-0.3, -0.25) is 4.79 Å². The summed E-state index contributed by atoms with van der Waals surface area (Å²) in [5.41, 5.74) is 2.40. The molecule has 2 nitrogen and oxygen atoms in total. The van der Waals surface area contributed by atoms with Crippen molar-refractivity contribution in [3.05, 3.63) is 29.8 Å². The van der Waals surface area contributed by atoms with Crippen LogP contribution in [-0.2, 0) is 10.2 Å². The molecule has 3 atom stereocenters. The fraction of sp³-hybridized carbons (Fsp3) is 0.611. The maximum absolute atomic E-state index is 12.4. The van der Waals surface area contributed by atoms with Crippen LogP contribution in [0.2, 0.25) is 0 Å². The van der Waals surface area contributed by atoms with Crippen molar-refractivity contribution in [1.82, 2.24) is 0 Å². The van der Waals surface area contributed by atoms with Crippen LogP contribution in [0, 0.1) is 17.8 Å². The Morgan fingerprint density at radius 2 is 1.80 bits per heavy atom. The Bertz CT molecular complexity index is 497. The van der Waals surface area contributed by atoms with Crippen LogP contribution < -0.4 is 5.32 Å². The fourth-order valence-electron chi connectivity index (χ4n) is 3.85. The summed E-state index contributed by atoms with van der Waals surface area (Å²) in [5, 5.41) is 3.11. The molecule has 1 N–H and O–H groups in total. The number of fused-ring (bicyclic) bond motifs is 2. The van der Waals surface area contributed by atoms with Crippen molar-refractivity contribution in [3.63, 3.8) is 0 Å². The first-order valence-corrected chi connectivity index (χ1v) is 7.85. The lowest BCUT2D eigenvalue weighted by atomic mass is 9.87. The second-order valence-corrected chi connectivity index (χ2v) is 7.60. The molecule has 2 bridgehead atoms. The lowest BCUT2D eigenvalue weighted by Gasteiger charge is -2.22. The molecule has 2 fully saturated rings. The third-order valence-corrected chi connectivity index (χ3v) is 5.09. The highest BCUT2D eigenvalue weighted by atomic mass is 16.1. The standard InChI is InChI=1S/C18H25NO/c1-18(2,3)14-6-8-15(9-7-14)19-17(20)16-11-12-4-5-13(16)10-12/h6-9,12-13,16H,4-5,10-11H2,1-3H3,(H,19,20). The summed E-state index contributed by atoms with van der Waals surface area (Å²) in [5.74, 6) is 1.96. The highest BCUT2D eigenvalue weighted by molar-refractivity contribution is 5.93. The average molecular weight is 271 g/mol. The topological polar surface area (TPSA) is 29.1 Å². The van der Waals surface area contributed by atoms with E-state index >= 15 is 0 Å². The lowest BCUT2D eigenvalue weighted by molar-refractivity contribution is -0.121. The van der Waals surface area contributed by atoms with E-state index < -0.39 is 0 Å². The van der Waals surface area contributed by atoms with Gasteiger partial charge in [-0.1, -0.05) is 39.3 Å². The van der Waals surface area contributed by atoms with E-state index in [1.807, 2.05) is 12.1 Å². The minimum atomic E-state index is 0.160. The van der Waals surface area contributed by atoms with Crippen LogP contribution in [0.1, 0.15) is 52.0 Å². The summed E-state index contributed by atoms with van der Waals surface area (Å²) in [6, 6.07) is 8.31. The van der Waals surface area contributed by atoms with Crippen LogP contribution in [0.5, 0.6) is 0 Å². The number of carbonyl (C=O) groups excluding carboxylic acids is 1. The highest BCUT2D eigenvalue weighted by Crippen LogP contribution is 2.48. The van der Waals surface area contributed by atoms with Crippen molar-refractivity contribution in [3.8, 4) is 0 Å². The van der Waals surface area contributed by atoms with Gasteiger partial charge in [-0.05, 0) is 54.2 Å². The predicted octanol–water partition coefficient (Wildman–Crippen LogP) is 4.36. The molecule has 3 rings (SSSR count). The highest BCUT2D eigenvalue weighted by Gasteiger charge is 2.42. The van der Waals surface area contributed by atoms with Gasteiger partial charge in [0.25, 0.3) is 0 Å². The first-order valence-electron chi connectivity index (χ1n) is 7.85. The molecule has 0 aliphatic heterocycles. The first-order chi connectivity index (χ1) is 9.43. The van der Waals surface area contributed by atoms with E-state index in [4.69, 9.17) is 0 Å². The molecule has 1 aromatic carbocycles. The van der Waals surface area contributed by atoms with Gasteiger partial charge in [0.2, 0.25) is 5.91 Å². The molecule has 2 aliphatic carbocycles. The van der Waals surface area contributed by atoms with E-state index in [1.165, 1.54) is 24.8 Å². The summed E-state index contributed by atoms with van der Waals surface area (Å²) in [6.07, 6.45) is 4.98. The van der Waals surface area contributed by atoms with Gasteiger partial charge in [0, 0.05) is 11.6 Å². The van der Waals surface area contributed by atoms with Gasteiger partial charge < -0.3 is 5.32 Å². The maximum atomic E-state index is 12.4. The Kier molecular flexibility index (Phi) is 3.35. The van der Waals surface area contributed by atoms with Gasteiger partial charge >= 0.3 is 0 Å². The fourth-order valence-corrected chi connectivity index (χ4v) is 3.85. The number of nitrogens with one attached hydrogen (secondary N) is 1. The van der Waals surface area contributed by atoms with E-state index in [2.05, 4.69) is 38.2 Å². The van der Waals surface area contributed by atoms with Crippen LogP contribution >= 0.6 is 0 Å². The summed E-state index contributed by atoms with van der Waals surface area (Å²) >= 11 is 0. The monoisotopic (exact) mass is 271 g/mol. The number of carbonyl (C=O) groups is 1. The number of rotatable bonds is 2. The molecule has 0 aromatic heterocycles. The predicted molar refractivity (Wildman–Crippen MR) is 82.7 cm³/mol. The lowest BCUT2D eigenvalue weighted by Crippen LogP contribution is -2.27. The van der Waals surface area contributed by atoms with Gasteiger partial charge in [-0.25, -0.2) is 0 Å². The average Bonchev–Trinajstić information content (AvgIpc) is 3.00. The number of amides is 1. The first kappa shape index (κ1) is 13.7. The number of benzene rings is 1. The molecule has 0 spiro atoms. The normalized spacial score (nSPS) is 28.6. The molecule has 0 saturated heterocycles. The van der Waals surface area contributed by atoms with Crippen LogP contribution in [0.15, 0.2) is 24.3 Å². The van der Waals surface area contributed by atoms with Gasteiger partial charge in [0.1, 0.15) is 0 Å². The molecule has 2 heteroatoms. The van der Waals surface area contributed by atoms with Crippen molar-refractivity contribution in [1.29, 1.82) is 0 Å². The molecule has 0 radical (unpaired) electrons. The summed E-state index contributed by atoms with van der Waals surface area (Å²) < 4.78 is 0. The molecule has 1 aromatic rings. The Balaban J connectivity index is 1.64. The van der Waals surface area contributed by atoms with Gasteiger partial charge in [-0.2, -0.15) is 0 Å². The Hall–Kier alpha value is -1.31. The van der Waals surface area contributed by atoms with Crippen molar-refractivity contribution < 1.29 is 4.79 Å². The summed E-state index contributed by atoms with van der Waals surface area (Å²) in [6.45, 7) is 6.61. The summed E-state index contributed by atoms with van der Waals surface area (Å²) in [4.78, 5) is 12.4. The van der Waals surface area contributed by atoms with E-state index in [9.17, 15) is 4.79 Å². The number of hydrogen-bond donors (Lipinski definition) is 1. The maximum Gasteiger partial charge on any atom is 0.227 e. The Morgan fingerprint density at radius 1 is 1.10 bits per heavy atom. The second-order valence-electron chi connectivity index (χ2n) is 7.60. The van der Waals surface area contributed by atoms with Crippen molar-refractivity contribution in [2.45, 2.75) is 51.9 Å². The minimum Gasteiger partial charge on any atom is -0.326 e. The van der Waals surface area contributed by atoms with Gasteiger partial charge in [-0.15, -0.1) is 0 Å². The Morgan fingerprint density at radius 3 is 2.30 bits per heavy atom. The van der Waals surface area contributed by atoms with E-state index in [1.54, 1.807) is 0 Å². The molecule has 108 valence electrons. The van der Waals surface area contributed by atoms with Crippen LogP contribution in [0.3, 0.4) is 0 Å². The molecule has 1 amide bonds. The SMILES string of the molecule is CC(C)(C)c1ccc(NC(=O)C2CC3CCC2C3)cc1. The van der Waals surface area contributed by atoms with Crippen LogP contribution in [-0.4, -0.2) is 5.91 Å². The zero-order chi connectivity index (χ0) is 14.3. The van der Waals surface area contributed by atoms with Gasteiger partial charge in [0.05, 0.1) is 0 Å². The van der Waals surface area contributed by atoms with Crippen molar-refractivity contribution in [2.75, 3.05) is 5.32 Å². The molecule has 0 heterocycles.